The van der Waals surface area contributed by atoms with Crippen molar-refractivity contribution in [3.63, 3.8) is 0 Å². The molecule has 33 heavy (non-hydrogen) atoms. The van der Waals surface area contributed by atoms with Crippen molar-refractivity contribution >= 4 is 17.2 Å². The van der Waals surface area contributed by atoms with Crippen molar-refractivity contribution in [2.24, 2.45) is 0 Å². The molecule has 0 heterocycles. The summed E-state index contributed by atoms with van der Waals surface area (Å²) < 4.78 is 0. The van der Waals surface area contributed by atoms with Gasteiger partial charge in [-0.3, -0.25) is 0 Å². The zero-order valence-electron chi connectivity index (χ0n) is 20.8. The Kier molecular flexibility index (Phi) is 9.20. The molecule has 0 saturated carbocycles. The summed E-state index contributed by atoms with van der Waals surface area (Å²) in [6, 6.07) is 33.7. The Morgan fingerprint density at radius 1 is 0.515 bits per heavy atom. The molecule has 0 radical (unpaired) electrons. The van der Waals surface area contributed by atoms with Crippen LogP contribution in [0.3, 0.4) is 0 Å². The average molecular weight is 481 g/mol. The van der Waals surface area contributed by atoms with Crippen LogP contribution in [0.1, 0.15) is 76.0 Å². The van der Waals surface area contributed by atoms with Crippen molar-refractivity contribution in [2.45, 2.75) is 64.5 Å². The molecule has 0 aliphatic carbocycles. The number of hydrogen-bond donors (Lipinski definition) is 0. The summed E-state index contributed by atoms with van der Waals surface area (Å²) in [5.41, 5.74) is 4.08. The van der Waals surface area contributed by atoms with E-state index in [1.807, 2.05) is 0 Å². The molecule has 3 aromatic rings. The van der Waals surface area contributed by atoms with Gasteiger partial charge in [-0.1, -0.05) is 0 Å². The fraction of sp³-hybridized carbons (Fsp3) is 0.419. The van der Waals surface area contributed by atoms with Gasteiger partial charge < -0.3 is 0 Å². The first-order valence-corrected chi connectivity index (χ1v) is 16.6. The van der Waals surface area contributed by atoms with Gasteiger partial charge in [0.2, 0.25) is 0 Å². The molecule has 0 amide bonds. The van der Waals surface area contributed by atoms with Gasteiger partial charge in [-0.2, -0.15) is 0 Å². The van der Waals surface area contributed by atoms with E-state index in [4.69, 9.17) is 11.2 Å². The molecule has 0 bridgehead atoms. The van der Waals surface area contributed by atoms with E-state index in [0.717, 1.165) is 18.5 Å². The van der Waals surface area contributed by atoms with Crippen molar-refractivity contribution in [1.82, 2.24) is 0 Å². The van der Waals surface area contributed by atoms with Crippen LogP contribution >= 0.6 is 17.2 Å². The zero-order chi connectivity index (χ0) is 23.6. The topological polar surface area (TPSA) is 0 Å². The predicted molar refractivity (Wildman–Crippen MR) is 151 cm³/mol. The fourth-order valence-corrected chi connectivity index (χ4v) is 15.0. The molecule has 0 aliphatic rings. The molecule has 0 spiro atoms. The Bertz CT molecular complexity index is 831. The third kappa shape index (κ3) is 4.94. The van der Waals surface area contributed by atoms with Crippen LogP contribution in [0.2, 0.25) is 0 Å². The van der Waals surface area contributed by atoms with E-state index in [0.29, 0.717) is 0 Å². The Balaban J connectivity index is 2.52. The van der Waals surface area contributed by atoms with Crippen molar-refractivity contribution in [3.8, 4) is 0 Å². The molecule has 3 aromatic carbocycles. The van der Waals surface area contributed by atoms with Gasteiger partial charge in [0.25, 0.3) is 0 Å². The Hall–Kier alpha value is -1.62. The molecule has 3 rings (SSSR count). The average Bonchev–Trinajstić information content (AvgIpc) is 2.88. The monoisotopic (exact) mass is 480 g/mol. The Labute approximate surface area is 207 Å². The number of benzene rings is 3. The third-order valence-corrected chi connectivity index (χ3v) is 16.2. The van der Waals surface area contributed by atoms with Gasteiger partial charge in [0, 0.05) is 0 Å². The second-order valence-electron chi connectivity index (χ2n) is 9.63. The van der Waals surface area contributed by atoms with E-state index in [1.165, 1.54) is 55.2 Å². The molecule has 0 nitrogen and oxygen atoms in total. The number of halogens is 1. The van der Waals surface area contributed by atoms with Crippen LogP contribution in [-0.2, 0) is 5.16 Å². The number of unbranched alkanes of at least 4 members (excludes halogenated alkanes) is 3. The van der Waals surface area contributed by atoms with Crippen LogP contribution < -0.4 is 0 Å². The number of rotatable bonds is 13. The second-order valence-corrected chi connectivity index (χ2v) is 17.5. The van der Waals surface area contributed by atoms with Crippen molar-refractivity contribution in [2.75, 3.05) is 18.5 Å². The minimum absolute atomic E-state index is 0.323. The van der Waals surface area contributed by atoms with Crippen LogP contribution in [-0.4, -0.2) is 18.5 Å². The number of hydrogen-bond acceptors (Lipinski definition) is 0. The van der Waals surface area contributed by atoms with Gasteiger partial charge in [-0.05, 0) is 0 Å². The summed E-state index contributed by atoms with van der Waals surface area (Å²) in [5.74, 6) is -2.91. The van der Waals surface area contributed by atoms with Crippen molar-refractivity contribution < 1.29 is 0 Å². The van der Waals surface area contributed by atoms with Gasteiger partial charge >= 0.3 is 208 Å². The van der Waals surface area contributed by atoms with E-state index < -0.39 is 5.96 Å². The van der Waals surface area contributed by atoms with E-state index in [9.17, 15) is 0 Å². The van der Waals surface area contributed by atoms with Crippen molar-refractivity contribution in [3.05, 3.63) is 108 Å². The quantitative estimate of drug-likeness (QED) is 0.168. The van der Waals surface area contributed by atoms with E-state index in [2.05, 4.69) is 112 Å². The Morgan fingerprint density at radius 3 is 1.03 bits per heavy atom. The molecule has 0 aliphatic heterocycles. The standard InChI is InChI=1S/C31H42ClP/c1-4-7-25-33(32,26-8-5-2,27-9-6-3)31(28-19-13-10-14-20-28,29-21-15-11-16-22-29)30-23-17-12-18-24-30/h10-24H,4-9,25-27H2,1-3H3. The summed E-state index contributed by atoms with van der Waals surface area (Å²) >= 11 is 8.59. The molecule has 2 heteroatoms. The zero-order valence-corrected chi connectivity index (χ0v) is 22.5. The van der Waals surface area contributed by atoms with Crippen LogP contribution in [0.25, 0.3) is 0 Å². The van der Waals surface area contributed by atoms with Crippen LogP contribution in [0.4, 0.5) is 0 Å². The normalized spacial score (nSPS) is 13.4. The van der Waals surface area contributed by atoms with Gasteiger partial charge in [0.05, 0.1) is 0 Å². The molecule has 0 unspecified atom stereocenters. The maximum absolute atomic E-state index is 8.59. The SMILES string of the molecule is CCCCP(Cl)(CCCC)(CCCC)C(c1ccccc1)(c1ccccc1)c1ccccc1. The predicted octanol–water partition coefficient (Wildman–Crippen LogP) is 10.1. The molecular weight excluding hydrogens is 439 g/mol. The van der Waals surface area contributed by atoms with Crippen LogP contribution in [0.5, 0.6) is 0 Å². The van der Waals surface area contributed by atoms with Gasteiger partial charge in [-0.25, -0.2) is 0 Å². The van der Waals surface area contributed by atoms with Crippen molar-refractivity contribution in [1.29, 1.82) is 0 Å². The molecule has 0 saturated heterocycles. The second kappa shape index (κ2) is 11.7. The Morgan fingerprint density at radius 2 is 0.788 bits per heavy atom. The minimum atomic E-state index is -2.91. The van der Waals surface area contributed by atoms with Crippen LogP contribution in [0, 0.1) is 0 Å². The molecule has 0 atom stereocenters. The van der Waals surface area contributed by atoms with Gasteiger partial charge in [0.15, 0.2) is 0 Å². The first-order valence-electron chi connectivity index (χ1n) is 12.9. The first kappa shape index (κ1) is 26.0. The third-order valence-electron chi connectivity index (χ3n) is 7.49. The molecule has 0 fully saturated rings. The summed E-state index contributed by atoms with van der Waals surface area (Å²) in [7, 11) is 0. The van der Waals surface area contributed by atoms with E-state index >= 15 is 0 Å². The maximum atomic E-state index is 8.59. The van der Waals surface area contributed by atoms with Crippen LogP contribution in [0.15, 0.2) is 91.0 Å². The van der Waals surface area contributed by atoms with E-state index in [1.54, 1.807) is 0 Å². The molecular formula is C31H42ClP. The summed E-state index contributed by atoms with van der Waals surface area (Å²) in [6.45, 7) is 6.94. The molecule has 178 valence electrons. The summed E-state index contributed by atoms with van der Waals surface area (Å²) in [4.78, 5) is 0. The van der Waals surface area contributed by atoms with Gasteiger partial charge in [0.1, 0.15) is 0 Å². The van der Waals surface area contributed by atoms with Gasteiger partial charge in [-0.15, -0.1) is 0 Å². The van der Waals surface area contributed by atoms with E-state index in [-0.39, 0.29) is 5.16 Å². The fourth-order valence-electron chi connectivity index (χ4n) is 5.91. The first-order chi connectivity index (χ1) is 16.1. The summed E-state index contributed by atoms with van der Waals surface area (Å²) in [5, 5.41) is -0.323. The molecule has 0 aromatic heterocycles. The summed E-state index contributed by atoms with van der Waals surface area (Å²) in [6.07, 6.45) is 10.5. The molecule has 0 N–H and O–H groups in total.